The zero-order chi connectivity index (χ0) is 13.7. The second-order valence-electron chi connectivity index (χ2n) is 7.10. The Hall–Kier alpha value is -1.12. The molecular weight excluding hydrogens is 258 g/mol. The summed E-state index contributed by atoms with van der Waals surface area (Å²) < 4.78 is 28.9. The molecule has 0 unspecified atom stereocenters. The highest BCUT2D eigenvalue weighted by molar-refractivity contribution is 5.34. The molecule has 20 heavy (non-hydrogen) atoms. The lowest BCUT2D eigenvalue weighted by atomic mass is 9.48. The molecule has 1 nitrogen and oxygen atoms in total. The molecule has 0 N–H and O–H groups in total. The van der Waals surface area contributed by atoms with Gasteiger partial charge in [-0.05, 0) is 79.4 Å². The minimum absolute atomic E-state index is 0.272. The first-order valence-electron chi connectivity index (χ1n) is 7.68. The first kappa shape index (κ1) is 12.6. The smallest absolute Gasteiger partial charge is 0.387 e. The Labute approximate surface area is 118 Å². The lowest BCUT2D eigenvalue weighted by Crippen LogP contribution is -2.48. The Morgan fingerprint density at radius 2 is 1.40 bits per heavy atom. The molecule has 0 spiro atoms. The molecule has 0 atom stereocenters. The zero-order valence-electron chi connectivity index (χ0n) is 11.5. The predicted octanol–water partition coefficient (Wildman–Crippen LogP) is 4.76. The van der Waals surface area contributed by atoms with Gasteiger partial charge in [-0.3, -0.25) is 0 Å². The molecule has 4 fully saturated rings. The highest BCUT2D eigenvalue weighted by Crippen LogP contribution is 2.60. The van der Waals surface area contributed by atoms with E-state index in [2.05, 4.69) is 4.74 Å². The van der Waals surface area contributed by atoms with E-state index in [0.717, 1.165) is 17.8 Å². The van der Waals surface area contributed by atoms with Crippen LogP contribution in [0.5, 0.6) is 5.75 Å². The average Bonchev–Trinajstić information content (AvgIpc) is 2.37. The van der Waals surface area contributed by atoms with Gasteiger partial charge < -0.3 is 4.74 Å². The summed E-state index contributed by atoms with van der Waals surface area (Å²) in [6.07, 6.45) is 8.17. The summed E-state index contributed by atoms with van der Waals surface area (Å²) in [5, 5.41) is 0. The number of alkyl halides is 2. The van der Waals surface area contributed by atoms with Gasteiger partial charge in [0.15, 0.2) is 0 Å². The number of hydrogen-bond acceptors (Lipinski definition) is 1. The van der Waals surface area contributed by atoms with Gasteiger partial charge in [0, 0.05) is 0 Å². The fourth-order valence-electron chi connectivity index (χ4n) is 5.45. The van der Waals surface area contributed by atoms with Crippen molar-refractivity contribution in [3.05, 3.63) is 29.8 Å². The fourth-order valence-corrected chi connectivity index (χ4v) is 5.45. The van der Waals surface area contributed by atoms with Gasteiger partial charge in [0.2, 0.25) is 0 Å². The van der Waals surface area contributed by atoms with Crippen LogP contribution in [0.1, 0.15) is 44.1 Å². The lowest BCUT2D eigenvalue weighted by Gasteiger charge is -2.57. The van der Waals surface area contributed by atoms with E-state index < -0.39 is 6.61 Å². The van der Waals surface area contributed by atoms with Crippen LogP contribution >= 0.6 is 0 Å². The van der Waals surface area contributed by atoms with Crippen molar-refractivity contribution >= 4 is 0 Å². The van der Waals surface area contributed by atoms with Gasteiger partial charge in [0.25, 0.3) is 0 Å². The molecule has 5 rings (SSSR count). The van der Waals surface area contributed by atoms with Crippen LogP contribution in [0.15, 0.2) is 24.3 Å². The van der Waals surface area contributed by atoms with E-state index in [1.54, 1.807) is 12.1 Å². The molecule has 108 valence electrons. The lowest BCUT2D eigenvalue weighted by molar-refractivity contribution is -0.0499. The normalized spacial score (nSPS) is 38.5. The van der Waals surface area contributed by atoms with Crippen molar-refractivity contribution < 1.29 is 13.5 Å². The molecule has 0 heterocycles. The van der Waals surface area contributed by atoms with Crippen molar-refractivity contribution in [2.24, 2.45) is 17.8 Å². The summed E-state index contributed by atoms with van der Waals surface area (Å²) >= 11 is 0. The summed E-state index contributed by atoms with van der Waals surface area (Å²) in [7, 11) is 0. The van der Waals surface area contributed by atoms with E-state index in [4.69, 9.17) is 0 Å². The van der Waals surface area contributed by atoms with Gasteiger partial charge in [0.05, 0.1) is 0 Å². The van der Waals surface area contributed by atoms with Crippen molar-refractivity contribution in [1.82, 2.24) is 0 Å². The maximum Gasteiger partial charge on any atom is 0.387 e. The highest BCUT2D eigenvalue weighted by Gasteiger charge is 2.51. The molecule has 1 aromatic rings. The molecule has 0 amide bonds. The van der Waals surface area contributed by atoms with Crippen molar-refractivity contribution in [3.8, 4) is 5.75 Å². The molecule has 4 aliphatic rings. The highest BCUT2D eigenvalue weighted by atomic mass is 19.3. The van der Waals surface area contributed by atoms with E-state index in [1.165, 1.54) is 44.1 Å². The van der Waals surface area contributed by atoms with Crippen LogP contribution < -0.4 is 4.74 Å². The van der Waals surface area contributed by atoms with Crippen molar-refractivity contribution in [2.45, 2.75) is 50.6 Å². The summed E-state index contributed by atoms with van der Waals surface area (Å²) in [6, 6.07) is 7.45. The van der Waals surface area contributed by atoms with Crippen molar-refractivity contribution in [3.63, 3.8) is 0 Å². The van der Waals surface area contributed by atoms with E-state index in [1.807, 2.05) is 12.1 Å². The van der Waals surface area contributed by atoms with Crippen LogP contribution in [0, 0.1) is 17.8 Å². The third kappa shape index (κ3) is 2.02. The van der Waals surface area contributed by atoms with E-state index >= 15 is 0 Å². The van der Waals surface area contributed by atoms with Gasteiger partial charge in [-0.15, -0.1) is 0 Å². The van der Waals surface area contributed by atoms with Gasteiger partial charge in [-0.25, -0.2) is 0 Å². The van der Waals surface area contributed by atoms with E-state index in [-0.39, 0.29) is 5.75 Å². The van der Waals surface area contributed by atoms with Crippen molar-refractivity contribution in [1.29, 1.82) is 0 Å². The summed E-state index contributed by atoms with van der Waals surface area (Å²) in [5.74, 6) is 2.98. The first-order chi connectivity index (χ1) is 9.63. The first-order valence-corrected chi connectivity index (χ1v) is 7.68. The van der Waals surface area contributed by atoms with Crippen LogP contribution in [-0.4, -0.2) is 6.61 Å². The maximum absolute atomic E-state index is 12.2. The van der Waals surface area contributed by atoms with Gasteiger partial charge >= 0.3 is 6.61 Å². The third-order valence-corrected chi connectivity index (χ3v) is 5.73. The average molecular weight is 278 g/mol. The molecule has 4 saturated carbocycles. The Morgan fingerprint density at radius 1 is 0.900 bits per heavy atom. The predicted molar refractivity (Wildman–Crippen MR) is 72.9 cm³/mol. The van der Waals surface area contributed by atoms with Gasteiger partial charge in [-0.1, -0.05) is 12.1 Å². The van der Waals surface area contributed by atoms with E-state index in [9.17, 15) is 8.78 Å². The van der Waals surface area contributed by atoms with Gasteiger partial charge in [0.1, 0.15) is 5.75 Å². The number of halogens is 2. The van der Waals surface area contributed by atoms with Crippen LogP contribution in [0.25, 0.3) is 0 Å². The molecule has 4 aliphatic carbocycles. The maximum atomic E-state index is 12.2. The van der Waals surface area contributed by atoms with Crippen LogP contribution in [0.2, 0.25) is 0 Å². The monoisotopic (exact) mass is 278 g/mol. The zero-order valence-corrected chi connectivity index (χ0v) is 11.5. The SMILES string of the molecule is FC(F)Oc1ccc(C23CC4CC(CC(C4)C2)C3)cc1. The molecule has 0 radical (unpaired) electrons. The molecule has 0 aliphatic heterocycles. The molecule has 0 aromatic heterocycles. The molecule has 1 aromatic carbocycles. The number of hydrogen-bond donors (Lipinski definition) is 0. The summed E-state index contributed by atoms with van der Waals surface area (Å²) in [4.78, 5) is 0. The van der Waals surface area contributed by atoms with E-state index in [0.29, 0.717) is 5.41 Å². The van der Waals surface area contributed by atoms with Crippen LogP contribution in [0.4, 0.5) is 8.78 Å². The molecule has 3 heteroatoms. The third-order valence-electron chi connectivity index (χ3n) is 5.73. The number of ether oxygens (including phenoxy) is 1. The minimum Gasteiger partial charge on any atom is -0.435 e. The van der Waals surface area contributed by atoms with Gasteiger partial charge in [-0.2, -0.15) is 8.78 Å². The molecule has 4 bridgehead atoms. The fraction of sp³-hybridized carbons (Fsp3) is 0.647. The standard InChI is InChI=1S/C17H20F2O/c18-16(19)20-15-3-1-14(2-4-15)17-8-11-5-12(9-17)7-13(6-11)10-17/h1-4,11-13,16H,5-10H2. The molecule has 0 saturated heterocycles. The van der Waals surface area contributed by atoms with Crippen molar-refractivity contribution in [2.75, 3.05) is 0 Å². The second-order valence-corrected chi connectivity index (χ2v) is 7.10. The second kappa shape index (κ2) is 4.44. The topological polar surface area (TPSA) is 9.23 Å². The quantitative estimate of drug-likeness (QED) is 0.775. The Balaban J connectivity index is 1.60. The van der Waals surface area contributed by atoms with Crippen LogP contribution in [0.3, 0.4) is 0 Å². The summed E-state index contributed by atoms with van der Waals surface area (Å²) in [6.45, 7) is -2.74. The Morgan fingerprint density at radius 3 is 1.85 bits per heavy atom. The Bertz CT molecular complexity index is 459. The summed E-state index contributed by atoms with van der Waals surface area (Å²) in [5.41, 5.74) is 1.68. The molecular formula is C17H20F2O. The van der Waals surface area contributed by atoms with Crippen LogP contribution in [-0.2, 0) is 5.41 Å². The minimum atomic E-state index is -2.74. The largest absolute Gasteiger partial charge is 0.435 e. The number of rotatable bonds is 3. The Kier molecular flexibility index (Phi) is 2.80. The number of benzene rings is 1.